The van der Waals surface area contributed by atoms with E-state index in [1.807, 2.05) is 78.9 Å². The molecular formula is C34H40N4O6. The number of nitrogens with zero attached hydrogens (tertiary/aromatic N) is 3. The fraction of sp³-hybridized carbons (Fsp3) is 0.382. The Morgan fingerprint density at radius 1 is 1.05 bits per heavy atom. The number of rotatable bonds is 13. The second-order valence-corrected chi connectivity index (χ2v) is 11.2. The van der Waals surface area contributed by atoms with Crippen LogP contribution in [0, 0.1) is 5.92 Å². The average Bonchev–Trinajstić information content (AvgIpc) is 3.04. The van der Waals surface area contributed by atoms with Gasteiger partial charge in [0.1, 0.15) is 11.5 Å². The highest BCUT2D eigenvalue weighted by molar-refractivity contribution is 5.85. The highest BCUT2D eigenvalue weighted by Gasteiger charge is 2.34. The average molecular weight is 601 g/mol. The Labute approximate surface area is 258 Å². The summed E-state index contributed by atoms with van der Waals surface area (Å²) >= 11 is 0. The Hall–Kier alpha value is -4.41. The SMILES string of the molecule is CN(C(=O)CCC(C1CCOCC1)N1Cc2cc(Oc3ccccc3)ccc2N=C1N)[C@H](COCc1ccccc1)C(=O)O. The zero-order chi connectivity index (χ0) is 30.9. The number of hydrogen-bond acceptors (Lipinski definition) is 8. The number of benzene rings is 3. The lowest BCUT2D eigenvalue weighted by molar-refractivity contribution is -0.152. The third-order valence-corrected chi connectivity index (χ3v) is 8.30. The second kappa shape index (κ2) is 14.9. The van der Waals surface area contributed by atoms with Gasteiger partial charge in [0, 0.05) is 44.8 Å². The lowest BCUT2D eigenvalue weighted by atomic mass is 9.87. The summed E-state index contributed by atoms with van der Waals surface area (Å²) in [7, 11) is 1.53. The fourth-order valence-electron chi connectivity index (χ4n) is 5.80. The Kier molecular flexibility index (Phi) is 10.5. The number of carboxylic acid groups (broad SMARTS) is 1. The van der Waals surface area contributed by atoms with Crippen LogP contribution in [0.15, 0.2) is 83.9 Å². The molecule has 2 aliphatic heterocycles. The number of likely N-dealkylation sites (N-methyl/N-ethyl adjacent to an activating group) is 1. The quantitative estimate of drug-likeness (QED) is 0.282. The summed E-state index contributed by atoms with van der Waals surface area (Å²) in [6, 6.07) is 23.7. The van der Waals surface area contributed by atoms with E-state index in [1.165, 1.54) is 11.9 Å². The van der Waals surface area contributed by atoms with E-state index in [2.05, 4.69) is 4.90 Å². The number of aliphatic imine (C=N–C) groups is 1. The molecule has 0 saturated carbocycles. The number of para-hydroxylation sites is 1. The predicted molar refractivity (Wildman–Crippen MR) is 167 cm³/mol. The van der Waals surface area contributed by atoms with Crippen LogP contribution in [0.2, 0.25) is 0 Å². The van der Waals surface area contributed by atoms with Gasteiger partial charge in [0.25, 0.3) is 0 Å². The van der Waals surface area contributed by atoms with Gasteiger partial charge in [-0.1, -0.05) is 48.5 Å². The Morgan fingerprint density at radius 2 is 1.75 bits per heavy atom. The van der Waals surface area contributed by atoms with Gasteiger partial charge in [0.2, 0.25) is 5.91 Å². The van der Waals surface area contributed by atoms with E-state index in [0.717, 1.165) is 35.4 Å². The highest BCUT2D eigenvalue weighted by Crippen LogP contribution is 2.35. The molecule has 2 atom stereocenters. The van der Waals surface area contributed by atoms with Gasteiger partial charge >= 0.3 is 5.97 Å². The lowest BCUT2D eigenvalue weighted by Crippen LogP contribution is -2.50. The topological polar surface area (TPSA) is 127 Å². The molecule has 0 bridgehead atoms. The molecule has 2 aliphatic rings. The van der Waals surface area contributed by atoms with Gasteiger partial charge in [-0.05, 0) is 61.1 Å². The number of hydrogen-bond donors (Lipinski definition) is 2. The number of carbonyl (C=O) groups excluding carboxylic acids is 1. The summed E-state index contributed by atoms with van der Waals surface area (Å²) in [6.45, 7) is 1.97. The number of amides is 1. The van der Waals surface area contributed by atoms with Crippen molar-refractivity contribution in [2.45, 2.75) is 50.9 Å². The van der Waals surface area contributed by atoms with Gasteiger partial charge in [-0.25, -0.2) is 9.79 Å². The summed E-state index contributed by atoms with van der Waals surface area (Å²) in [5.74, 6) is 0.737. The van der Waals surface area contributed by atoms with E-state index in [-0.39, 0.29) is 37.5 Å². The molecule has 0 spiro atoms. The highest BCUT2D eigenvalue weighted by atomic mass is 16.5. The predicted octanol–water partition coefficient (Wildman–Crippen LogP) is 4.94. The fourth-order valence-corrected chi connectivity index (χ4v) is 5.80. The number of guanidine groups is 1. The molecule has 1 amide bonds. The minimum atomic E-state index is -1.10. The maximum Gasteiger partial charge on any atom is 0.328 e. The molecule has 232 valence electrons. The number of carboxylic acids is 1. The van der Waals surface area contributed by atoms with Crippen molar-refractivity contribution in [3.8, 4) is 11.5 Å². The largest absolute Gasteiger partial charge is 0.480 e. The smallest absolute Gasteiger partial charge is 0.328 e. The summed E-state index contributed by atoms with van der Waals surface area (Å²) in [6.07, 6.45) is 2.34. The first kappa shape index (κ1) is 31.0. The van der Waals surface area contributed by atoms with Crippen molar-refractivity contribution < 1.29 is 28.9 Å². The monoisotopic (exact) mass is 600 g/mol. The van der Waals surface area contributed by atoms with Crippen LogP contribution in [-0.2, 0) is 32.2 Å². The standard InChI is InChI=1S/C34H40N4O6/c1-37(31(33(40)41)23-43-22-24-8-4-2-5-9-24)32(39)15-14-30(25-16-18-42-19-17-25)38-21-26-20-28(12-13-29(26)36-34(38)35)44-27-10-6-3-7-11-27/h2-13,20,25,30-31H,14-19,21-23H2,1H3,(H2,35,36)(H,40,41)/t30?,31-/m1/s1. The van der Waals surface area contributed by atoms with Crippen molar-refractivity contribution in [3.05, 3.63) is 90.0 Å². The van der Waals surface area contributed by atoms with E-state index in [1.54, 1.807) is 0 Å². The Bertz CT molecular complexity index is 1430. The maximum atomic E-state index is 13.4. The number of carbonyl (C=O) groups is 2. The van der Waals surface area contributed by atoms with E-state index in [9.17, 15) is 14.7 Å². The number of fused-ring (bicyclic) bond motifs is 1. The van der Waals surface area contributed by atoms with Crippen LogP contribution in [0.4, 0.5) is 5.69 Å². The minimum Gasteiger partial charge on any atom is -0.480 e. The lowest BCUT2D eigenvalue weighted by Gasteiger charge is -2.41. The first-order valence-corrected chi connectivity index (χ1v) is 15.0. The van der Waals surface area contributed by atoms with Crippen molar-refractivity contribution >= 4 is 23.5 Å². The third kappa shape index (κ3) is 7.94. The first-order valence-electron chi connectivity index (χ1n) is 15.0. The molecule has 5 rings (SSSR count). The molecule has 0 radical (unpaired) electrons. The molecule has 1 saturated heterocycles. The van der Waals surface area contributed by atoms with Crippen LogP contribution in [0.25, 0.3) is 0 Å². The van der Waals surface area contributed by atoms with Crippen LogP contribution in [0.3, 0.4) is 0 Å². The Morgan fingerprint density at radius 3 is 2.45 bits per heavy atom. The van der Waals surface area contributed by atoms with Gasteiger partial charge in [-0.2, -0.15) is 0 Å². The van der Waals surface area contributed by atoms with Crippen LogP contribution in [0.5, 0.6) is 11.5 Å². The zero-order valence-corrected chi connectivity index (χ0v) is 25.0. The van der Waals surface area contributed by atoms with Gasteiger partial charge in [-0.3, -0.25) is 4.79 Å². The van der Waals surface area contributed by atoms with E-state index >= 15 is 0 Å². The molecule has 44 heavy (non-hydrogen) atoms. The van der Waals surface area contributed by atoms with Crippen LogP contribution in [0.1, 0.15) is 36.8 Å². The molecule has 2 heterocycles. The van der Waals surface area contributed by atoms with E-state index in [4.69, 9.17) is 24.9 Å². The summed E-state index contributed by atoms with van der Waals surface area (Å²) in [5, 5.41) is 9.88. The first-order chi connectivity index (χ1) is 21.4. The molecule has 1 fully saturated rings. The molecule has 0 aliphatic carbocycles. The van der Waals surface area contributed by atoms with Crippen LogP contribution < -0.4 is 10.5 Å². The van der Waals surface area contributed by atoms with Crippen molar-refractivity contribution in [3.63, 3.8) is 0 Å². The van der Waals surface area contributed by atoms with Crippen LogP contribution in [-0.4, -0.2) is 71.7 Å². The van der Waals surface area contributed by atoms with Crippen molar-refractivity contribution in [2.75, 3.05) is 26.9 Å². The van der Waals surface area contributed by atoms with Crippen molar-refractivity contribution in [1.29, 1.82) is 0 Å². The molecule has 1 unspecified atom stereocenters. The molecule has 10 heteroatoms. The second-order valence-electron chi connectivity index (χ2n) is 11.2. The van der Waals surface area contributed by atoms with Gasteiger partial charge in [0.15, 0.2) is 12.0 Å². The normalized spacial score (nSPS) is 16.4. The van der Waals surface area contributed by atoms with Crippen molar-refractivity contribution in [2.24, 2.45) is 16.6 Å². The van der Waals surface area contributed by atoms with Gasteiger partial charge in [-0.15, -0.1) is 0 Å². The minimum absolute atomic E-state index is 0.0792. The van der Waals surface area contributed by atoms with Crippen molar-refractivity contribution in [1.82, 2.24) is 9.80 Å². The number of aliphatic carboxylic acids is 1. The molecule has 3 N–H and O–H groups in total. The summed E-state index contributed by atoms with van der Waals surface area (Å²) in [4.78, 5) is 33.5. The third-order valence-electron chi connectivity index (χ3n) is 8.30. The van der Waals surface area contributed by atoms with E-state index in [0.29, 0.717) is 37.9 Å². The molecule has 10 nitrogen and oxygen atoms in total. The molecular weight excluding hydrogens is 560 g/mol. The zero-order valence-electron chi connectivity index (χ0n) is 25.0. The summed E-state index contributed by atoms with van der Waals surface area (Å²) < 4.78 is 17.4. The summed E-state index contributed by atoms with van der Waals surface area (Å²) in [5.41, 5.74) is 9.25. The Balaban J connectivity index is 1.26. The maximum absolute atomic E-state index is 13.4. The molecule has 0 aromatic heterocycles. The van der Waals surface area contributed by atoms with Gasteiger partial charge < -0.3 is 34.9 Å². The number of nitrogens with two attached hydrogens (primary N) is 1. The van der Waals surface area contributed by atoms with E-state index < -0.39 is 12.0 Å². The number of ether oxygens (including phenoxy) is 3. The van der Waals surface area contributed by atoms with Crippen LogP contribution >= 0.6 is 0 Å². The molecule has 3 aromatic carbocycles. The molecule has 3 aromatic rings. The van der Waals surface area contributed by atoms with Gasteiger partial charge in [0.05, 0.1) is 18.9 Å².